The topological polar surface area (TPSA) is 106 Å². The number of phenols is 1. The Morgan fingerprint density at radius 2 is 1.78 bits per heavy atom. The monoisotopic (exact) mass is 362 g/mol. The fraction of sp³-hybridized carbons (Fsp3) is 0.0500. The van der Waals surface area contributed by atoms with E-state index in [9.17, 15) is 20.0 Å². The lowest BCUT2D eigenvalue weighted by molar-refractivity contribution is -0.384. The van der Waals surface area contributed by atoms with Crippen LogP contribution in [0.1, 0.15) is 5.56 Å². The van der Waals surface area contributed by atoms with Crippen molar-refractivity contribution in [3.05, 3.63) is 80.7 Å². The summed E-state index contributed by atoms with van der Waals surface area (Å²) in [7, 11) is 0. The van der Waals surface area contributed by atoms with Crippen LogP contribution in [0, 0.1) is 17.0 Å². The molecule has 0 unspecified atom stereocenters. The zero-order chi connectivity index (χ0) is 19.1. The third kappa shape index (κ3) is 2.95. The van der Waals surface area contributed by atoms with Crippen molar-refractivity contribution < 1.29 is 14.4 Å². The molecular weight excluding hydrogens is 348 g/mol. The Bertz CT molecular complexity index is 1260. The average molecular weight is 362 g/mol. The molecule has 0 bridgehead atoms. The quantitative estimate of drug-likeness (QED) is 0.181. The summed E-state index contributed by atoms with van der Waals surface area (Å²) in [6.07, 6.45) is 0. The van der Waals surface area contributed by atoms with Crippen molar-refractivity contribution in [3.63, 3.8) is 0 Å². The molecule has 3 aromatic carbocycles. The molecule has 134 valence electrons. The Kier molecular flexibility index (Phi) is 3.77. The van der Waals surface area contributed by atoms with Crippen LogP contribution in [0.25, 0.3) is 21.7 Å². The number of non-ortho nitro benzene ring substituents is 1. The molecule has 0 spiro atoms. The van der Waals surface area contributed by atoms with Crippen LogP contribution in [-0.4, -0.2) is 10.0 Å². The van der Waals surface area contributed by atoms with Gasteiger partial charge in [0.2, 0.25) is 0 Å². The van der Waals surface area contributed by atoms with Crippen LogP contribution in [0.4, 0.5) is 17.1 Å². The summed E-state index contributed by atoms with van der Waals surface area (Å²) >= 11 is 0. The van der Waals surface area contributed by atoms with Gasteiger partial charge in [0.15, 0.2) is 0 Å². The van der Waals surface area contributed by atoms with Crippen LogP contribution >= 0.6 is 0 Å². The van der Waals surface area contributed by atoms with E-state index in [0.717, 1.165) is 16.3 Å². The van der Waals surface area contributed by atoms with Gasteiger partial charge in [0, 0.05) is 34.7 Å². The SMILES string of the molecule is Cc1cc(=O)oc2c1ccc1cc(O)c(Nc3ccc([N+](=O)[O-])cc3)cc12. The molecule has 0 aliphatic heterocycles. The number of nitrogens with one attached hydrogen (secondary N) is 1. The molecule has 4 aromatic rings. The van der Waals surface area contributed by atoms with Gasteiger partial charge in [0.05, 0.1) is 10.6 Å². The molecule has 0 aliphatic carbocycles. The molecule has 1 heterocycles. The highest BCUT2D eigenvalue weighted by atomic mass is 16.6. The van der Waals surface area contributed by atoms with Crippen molar-refractivity contribution in [1.29, 1.82) is 0 Å². The third-order valence-electron chi connectivity index (χ3n) is 4.41. The van der Waals surface area contributed by atoms with Gasteiger partial charge >= 0.3 is 5.63 Å². The van der Waals surface area contributed by atoms with Crippen LogP contribution in [0.15, 0.2) is 63.8 Å². The van der Waals surface area contributed by atoms with Gasteiger partial charge in [0.1, 0.15) is 11.3 Å². The van der Waals surface area contributed by atoms with E-state index in [4.69, 9.17) is 4.42 Å². The van der Waals surface area contributed by atoms with Gasteiger partial charge in [-0.25, -0.2) is 4.79 Å². The van der Waals surface area contributed by atoms with E-state index in [1.54, 1.807) is 24.3 Å². The van der Waals surface area contributed by atoms with E-state index >= 15 is 0 Å². The summed E-state index contributed by atoms with van der Waals surface area (Å²) in [6.45, 7) is 1.83. The smallest absolute Gasteiger partial charge is 0.336 e. The van der Waals surface area contributed by atoms with Crippen LogP contribution in [0.5, 0.6) is 5.75 Å². The van der Waals surface area contributed by atoms with E-state index in [2.05, 4.69) is 5.32 Å². The first-order valence-electron chi connectivity index (χ1n) is 8.14. The summed E-state index contributed by atoms with van der Waals surface area (Å²) < 4.78 is 5.40. The first-order chi connectivity index (χ1) is 12.9. The summed E-state index contributed by atoms with van der Waals surface area (Å²) in [5, 5.41) is 26.3. The van der Waals surface area contributed by atoms with E-state index in [0.29, 0.717) is 22.3 Å². The van der Waals surface area contributed by atoms with Gasteiger partial charge in [-0.15, -0.1) is 0 Å². The standard InChI is InChI=1S/C20H14N2O5/c1-11-8-19(24)27-20-15(11)7-2-12-9-18(23)17(10-16(12)20)21-13-3-5-14(6-4-13)22(25)26/h2-10,21,23H,1H3. The number of aryl methyl sites for hydroxylation is 1. The first kappa shape index (κ1) is 16.6. The Morgan fingerprint density at radius 1 is 1.04 bits per heavy atom. The lowest BCUT2D eigenvalue weighted by Gasteiger charge is -2.11. The number of anilines is 2. The predicted molar refractivity (Wildman–Crippen MR) is 103 cm³/mol. The van der Waals surface area contributed by atoms with Crippen LogP contribution in [-0.2, 0) is 0 Å². The number of nitro groups is 1. The summed E-state index contributed by atoms with van der Waals surface area (Å²) in [5.41, 5.74) is 1.77. The first-order valence-corrected chi connectivity index (χ1v) is 8.14. The van der Waals surface area contributed by atoms with Gasteiger partial charge in [-0.05, 0) is 42.1 Å². The zero-order valence-electron chi connectivity index (χ0n) is 14.2. The van der Waals surface area contributed by atoms with Crippen molar-refractivity contribution in [2.24, 2.45) is 0 Å². The molecule has 0 atom stereocenters. The number of nitrogens with zero attached hydrogens (tertiary/aromatic N) is 1. The molecule has 0 amide bonds. The second kappa shape index (κ2) is 6.14. The van der Waals surface area contributed by atoms with Crippen LogP contribution in [0.2, 0.25) is 0 Å². The Balaban J connectivity index is 1.85. The number of fused-ring (bicyclic) bond motifs is 3. The minimum absolute atomic E-state index is 0.00945. The second-order valence-corrected chi connectivity index (χ2v) is 6.21. The molecule has 7 nitrogen and oxygen atoms in total. The highest BCUT2D eigenvalue weighted by Gasteiger charge is 2.11. The number of aromatic hydroxyl groups is 1. The molecule has 0 saturated heterocycles. The lowest BCUT2D eigenvalue weighted by atomic mass is 10.0. The van der Waals surface area contributed by atoms with Crippen molar-refractivity contribution in [1.82, 2.24) is 0 Å². The molecule has 0 radical (unpaired) electrons. The molecule has 0 saturated carbocycles. The molecular formula is C20H14N2O5. The number of nitro benzene ring substituents is 1. The molecule has 2 N–H and O–H groups in total. The maximum atomic E-state index is 11.8. The van der Waals surface area contributed by atoms with Gasteiger partial charge < -0.3 is 14.8 Å². The normalized spacial score (nSPS) is 11.0. The fourth-order valence-electron chi connectivity index (χ4n) is 3.06. The van der Waals surface area contributed by atoms with E-state index < -0.39 is 10.5 Å². The Hall–Kier alpha value is -3.87. The van der Waals surface area contributed by atoms with Gasteiger partial charge in [-0.2, -0.15) is 0 Å². The maximum Gasteiger partial charge on any atom is 0.336 e. The van der Waals surface area contributed by atoms with E-state index in [1.807, 2.05) is 19.1 Å². The van der Waals surface area contributed by atoms with Crippen LogP contribution in [0.3, 0.4) is 0 Å². The largest absolute Gasteiger partial charge is 0.506 e. The van der Waals surface area contributed by atoms with E-state index in [-0.39, 0.29) is 11.4 Å². The second-order valence-electron chi connectivity index (χ2n) is 6.21. The molecule has 7 heteroatoms. The highest BCUT2D eigenvalue weighted by molar-refractivity contribution is 6.07. The molecule has 1 aromatic heterocycles. The Labute approximate surface area is 152 Å². The number of phenolic OH excluding ortho intramolecular Hbond substituents is 1. The fourth-order valence-corrected chi connectivity index (χ4v) is 3.06. The summed E-state index contributed by atoms with van der Waals surface area (Å²) in [6, 6.07) is 14.2. The maximum absolute atomic E-state index is 11.8. The van der Waals surface area contributed by atoms with Gasteiger partial charge in [0.25, 0.3) is 5.69 Å². The number of hydrogen-bond acceptors (Lipinski definition) is 6. The van der Waals surface area contributed by atoms with Crippen molar-refractivity contribution in [2.45, 2.75) is 6.92 Å². The van der Waals surface area contributed by atoms with Crippen LogP contribution < -0.4 is 10.9 Å². The van der Waals surface area contributed by atoms with Crippen molar-refractivity contribution in [3.8, 4) is 5.75 Å². The zero-order valence-corrected chi connectivity index (χ0v) is 14.2. The number of hydrogen-bond donors (Lipinski definition) is 2. The predicted octanol–water partition coefficient (Wildman–Crippen LogP) is 4.61. The minimum Gasteiger partial charge on any atom is -0.506 e. The van der Waals surface area contributed by atoms with E-state index in [1.165, 1.54) is 18.2 Å². The Morgan fingerprint density at radius 3 is 2.48 bits per heavy atom. The average Bonchev–Trinajstić information content (AvgIpc) is 2.62. The van der Waals surface area contributed by atoms with Gasteiger partial charge in [-0.1, -0.05) is 12.1 Å². The molecule has 4 rings (SSSR count). The molecule has 27 heavy (non-hydrogen) atoms. The van der Waals surface area contributed by atoms with Gasteiger partial charge in [-0.3, -0.25) is 10.1 Å². The van der Waals surface area contributed by atoms with Crippen molar-refractivity contribution in [2.75, 3.05) is 5.32 Å². The lowest BCUT2D eigenvalue weighted by Crippen LogP contribution is -1.98. The van der Waals surface area contributed by atoms with Crippen molar-refractivity contribution >= 4 is 38.8 Å². The number of rotatable bonds is 3. The summed E-state index contributed by atoms with van der Waals surface area (Å²) in [4.78, 5) is 22.1. The molecule has 0 aliphatic rings. The minimum atomic E-state index is -0.478. The molecule has 0 fully saturated rings. The number of benzene rings is 3. The third-order valence-corrected chi connectivity index (χ3v) is 4.41. The summed E-state index contributed by atoms with van der Waals surface area (Å²) in [5.74, 6) is 0.00945. The highest BCUT2D eigenvalue weighted by Crippen LogP contribution is 2.35.